The second-order valence-electron chi connectivity index (χ2n) is 6.66. The van der Waals surface area contributed by atoms with Crippen LogP contribution in [-0.2, 0) is 17.6 Å². The molecule has 1 N–H and O–H groups in total. The molecular weight excluding hydrogens is 378 g/mol. The first-order valence-electron chi connectivity index (χ1n) is 9.10. The Morgan fingerprint density at radius 1 is 1.26 bits per heavy atom. The van der Waals surface area contributed by atoms with Gasteiger partial charge in [0.05, 0.1) is 16.7 Å². The van der Waals surface area contributed by atoms with Crippen molar-refractivity contribution in [1.29, 1.82) is 0 Å². The molecule has 0 saturated heterocycles. The standard InChI is InChI=1S/C20H21N3O2S2/c1-13(15-9-8-14-5-2-3-6-16(14)11-15)21-18(24)12-27-20-23-22-19(25-20)17-7-4-10-26-17/h4,7-11,13H,2-3,5-6,12H2,1H3,(H,21,24). The van der Waals surface area contributed by atoms with Crippen LogP contribution in [0, 0.1) is 0 Å². The summed E-state index contributed by atoms with van der Waals surface area (Å²) >= 11 is 2.80. The Morgan fingerprint density at radius 2 is 2.11 bits per heavy atom. The zero-order chi connectivity index (χ0) is 18.6. The average Bonchev–Trinajstić information content (AvgIpc) is 3.37. The molecule has 2 aromatic heterocycles. The third-order valence-electron chi connectivity index (χ3n) is 4.72. The highest BCUT2D eigenvalue weighted by atomic mass is 32.2. The van der Waals surface area contributed by atoms with Crippen molar-refractivity contribution in [3.05, 3.63) is 52.4 Å². The van der Waals surface area contributed by atoms with E-state index in [1.165, 1.54) is 42.2 Å². The van der Waals surface area contributed by atoms with E-state index in [1.54, 1.807) is 11.3 Å². The average molecular weight is 400 g/mol. The maximum atomic E-state index is 12.3. The molecule has 0 aliphatic heterocycles. The van der Waals surface area contributed by atoms with Gasteiger partial charge in [-0.3, -0.25) is 4.79 Å². The third-order valence-corrected chi connectivity index (χ3v) is 6.39. The highest BCUT2D eigenvalue weighted by Crippen LogP contribution is 2.27. The molecule has 0 radical (unpaired) electrons. The largest absolute Gasteiger partial charge is 0.410 e. The Morgan fingerprint density at radius 3 is 2.93 bits per heavy atom. The van der Waals surface area contributed by atoms with Gasteiger partial charge in [0.25, 0.3) is 11.1 Å². The molecule has 0 saturated carbocycles. The first kappa shape index (κ1) is 18.3. The lowest BCUT2D eigenvalue weighted by Gasteiger charge is -2.20. The van der Waals surface area contributed by atoms with Gasteiger partial charge in [0.2, 0.25) is 5.91 Å². The van der Waals surface area contributed by atoms with Gasteiger partial charge >= 0.3 is 0 Å². The molecule has 0 fully saturated rings. The number of hydrogen-bond donors (Lipinski definition) is 1. The van der Waals surface area contributed by atoms with Crippen LogP contribution in [0.15, 0.2) is 45.4 Å². The maximum Gasteiger partial charge on any atom is 0.277 e. The Bertz CT molecular complexity index is 921. The highest BCUT2D eigenvalue weighted by molar-refractivity contribution is 7.99. The van der Waals surface area contributed by atoms with E-state index in [-0.39, 0.29) is 17.7 Å². The van der Waals surface area contributed by atoms with Gasteiger partial charge in [0.15, 0.2) is 0 Å². The van der Waals surface area contributed by atoms with Crippen molar-refractivity contribution in [3.63, 3.8) is 0 Å². The zero-order valence-corrected chi connectivity index (χ0v) is 16.7. The summed E-state index contributed by atoms with van der Waals surface area (Å²) in [6.07, 6.45) is 4.85. The number of thiophene rings is 1. The molecule has 1 aliphatic rings. The van der Waals surface area contributed by atoms with Crippen LogP contribution in [0.4, 0.5) is 0 Å². The minimum Gasteiger partial charge on any atom is -0.410 e. The van der Waals surface area contributed by atoms with Gasteiger partial charge in [0.1, 0.15) is 0 Å². The van der Waals surface area contributed by atoms with Gasteiger partial charge in [-0.1, -0.05) is 36.0 Å². The van der Waals surface area contributed by atoms with Crippen LogP contribution < -0.4 is 5.32 Å². The summed E-state index contributed by atoms with van der Waals surface area (Å²) in [4.78, 5) is 13.2. The van der Waals surface area contributed by atoms with E-state index in [0.29, 0.717) is 11.1 Å². The monoisotopic (exact) mass is 399 g/mol. The van der Waals surface area contributed by atoms with Crippen molar-refractivity contribution in [2.24, 2.45) is 0 Å². The Labute approximate surface area is 166 Å². The Kier molecular flexibility index (Phi) is 5.59. The van der Waals surface area contributed by atoms with Crippen molar-refractivity contribution in [3.8, 4) is 10.8 Å². The fraction of sp³-hybridized carbons (Fsp3) is 0.350. The van der Waals surface area contributed by atoms with Gasteiger partial charge in [0, 0.05) is 0 Å². The van der Waals surface area contributed by atoms with Crippen molar-refractivity contribution in [2.45, 2.75) is 43.9 Å². The number of carbonyl (C=O) groups is 1. The molecular formula is C20H21N3O2S2. The number of aromatic nitrogens is 2. The lowest BCUT2D eigenvalue weighted by Crippen LogP contribution is -2.28. The fourth-order valence-electron chi connectivity index (χ4n) is 3.28. The van der Waals surface area contributed by atoms with E-state index in [2.05, 4.69) is 33.7 Å². The number of hydrogen-bond acceptors (Lipinski definition) is 6. The topological polar surface area (TPSA) is 68.0 Å². The lowest BCUT2D eigenvalue weighted by atomic mass is 9.89. The number of nitrogens with zero attached hydrogens (tertiary/aromatic N) is 2. The Balaban J connectivity index is 1.31. The minimum absolute atomic E-state index is 0.0188. The van der Waals surface area contributed by atoms with Gasteiger partial charge in [-0.2, -0.15) is 0 Å². The molecule has 1 aromatic carbocycles. The summed E-state index contributed by atoms with van der Waals surface area (Å²) < 4.78 is 5.60. The molecule has 2 heterocycles. The van der Waals surface area contributed by atoms with Crippen molar-refractivity contribution in [1.82, 2.24) is 15.5 Å². The van der Waals surface area contributed by atoms with Crippen LogP contribution in [0.3, 0.4) is 0 Å². The summed E-state index contributed by atoms with van der Waals surface area (Å²) in [6, 6.07) is 10.4. The number of rotatable bonds is 6. The predicted octanol–water partition coefficient (Wildman–Crippen LogP) is 4.65. The number of nitrogens with one attached hydrogen (secondary N) is 1. The molecule has 140 valence electrons. The number of amides is 1. The number of thioether (sulfide) groups is 1. The molecule has 0 spiro atoms. The van der Waals surface area contributed by atoms with Crippen molar-refractivity contribution < 1.29 is 9.21 Å². The van der Waals surface area contributed by atoms with Crippen LogP contribution in [0.1, 0.15) is 42.5 Å². The zero-order valence-electron chi connectivity index (χ0n) is 15.1. The van der Waals surface area contributed by atoms with Gasteiger partial charge in [-0.25, -0.2) is 0 Å². The fourth-order valence-corrected chi connectivity index (χ4v) is 4.50. The Hall–Kier alpha value is -2.12. The van der Waals surface area contributed by atoms with E-state index in [0.717, 1.165) is 16.9 Å². The maximum absolute atomic E-state index is 12.3. The molecule has 27 heavy (non-hydrogen) atoms. The summed E-state index contributed by atoms with van der Waals surface area (Å²) in [5.41, 5.74) is 4.05. The molecule has 1 aliphatic carbocycles. The second-order valence-corrected chi connectivity index (χ2v) is 8.54. The van der Waals surface area contributed by atoms with Crippen LogP contribution in [0.2, 0.25) is 0 Å². The first-order chi connectivity index (χ1) is 13.2. The molecule has 0 bridgehead atoms. The number of fused-ring (bicyclic) bond motifs is 1. The summed E-state index contributed by atoms with van der Waals surface area (Å²) in [7, 11) is 0. The summed E-state index contributed by atoms with van der Waals surface area (Å²) in [5, 5.41) is 13.5. The first-order valence-corrected chi connectivity index (χ1v) is 11.0. The predicted molar refractivity (Wildman–Crippen MR) is 108 cm³/mol. The molecule has 4 rings (SSSR count). The number of carbonyl (C=O) groups excluding carboxylic acids is 1. The number of benzene rings is 1. The molecule has 7 heteroatoms. The molecule has 3 aromatic rings. The van der Waals surface area contributed by atoms with E-state index < -0.39 is 0 Å². The number of aryl methyl sites for hydroxylation is 2. The van der Waals surface area contributed by atoms with Crippen LogP contribution >= 0.6 is 23.1 Å². The van der Waals surface area contributed by atoms with Gasteiger partial charge < -0.3 is 9.73 Å². The van der Waals surface area contributed by atoms with E-state index in [4.69, 9.17) is 4.42 Å². The molecule has 1 unspecified atom stereocenters. The minimum atomic E-state index is -0.0407. The molecule has 5 nitrogen and oxygen atoms in total. The van der Waals surface area contributed by atoms with E-state index >= 15 is 0 Å². The van der Waals surface area contributed by atoms with Crippen molar-refractivity contribution in [2.75, 3.05) is 5.75 Å². The molecule has 1 amide bonds. The lowest BCUT2D eigenvalue weighted by molar-refractivity contribution is -0.119. The second kappa shape index (κ2) is 8.27. The van der Waals surface area contributed by atoms with E-state index in [9.17, 15) is 4.79 Å². The smallest absolute Gasteiger partial charge is 0.277 e. The van der Waals surface area contributed by atoms with Crippen LogP contribution in [0.25, 0.3) is 10.8 Å². The van der Waals surface area contributed by atoms with Crippen molar-refractivity contribution >= 4 is 29.0 Å². The highest BCUT2D eigenvalue weighted by Gasteiger charge is 2.16. The summed E-state index contributed by atoms with van der Waals surface area (Å²) in [5.74, 6) is 0.706. The quantitative estimate of drug-likeness (QED) is 0.611. The SMILES string of the molecule is CC(NC(=O)CSc1nnc(-c2cccs2)o1)c1ccc2c(c1)CCCC2. The normalized spacial score (nSPS) is 14.6. The van der Waals surface area contributed by atoms with Crippen LogP contribution in [0.5, 0.6) is 0 Å². The summed E-state index contributed by atoms with van der Waals surface area (Å²) in [6.45, 7) is 2.02. The van der Waals surface area contributed by atoms with Gasteiger partial charge in [-0.15, -0.1) is 21.5 Å². The van der Waals surface area contributed by atoms with Gasteiger partial charge in [-0.05, 0) is 60.7 Å². The van der Waals surface area contributed by atoms with Crippen LogP contribution in [-0.4, -0.2) is 21.9 Å². The third kappa shape index (κ3) is 4.42. The molecule has 1 atom stereocenters. The van der Waals surface area contributed by atoms with E-state index in [1.807, 2.05) is 24.4 Å².